The Morgan fingerprint density at radius 2 is 1.94 bits per heavy atom. The van der Waals surface area contributed by atoms with Crippen molar-refractivity contribution in [3.63, 3.8) is 0 Å². The summed E-state index contributed by atoms with van der Waals surface area (Å²) in [6.45, 7) is 1.61. The number of nitrogens with one attached hydrogen (secondary N) is 1. The van der Waals surface area contributed by atoms with Crippen molar-refractivity contribution < 1.29 is 9.47 Å². The van der Waals surface area contributed by atoms with Gasteiger partial charge < -0.3 is 14.8 Å². The predicted molar refractivity (Wildman–Crippen MR) is 68.5 cm³/mol. The number of hydrogen-bond donors (Lipinski definition) is 1. The van der Waals surface area contributed by atoms with E-state index in [0.717, 1.165) is 17.4 Å². The van der Waals surface area contributed by atoms with Crippen LogP contribution >= 0.6 is 15.9 Å². The number of halogens is 1. The van der Waals surface area contributed by atoms with Crippen LogP contribution in [0, 0.1) is 0 Å². The molecule has 0 spiro atoms. The molecule has 4 heteroatoms. The lowest BCUT2D eigenvalue weighted by Gasteiger charge is -2.14. The Morgan fingerprint density at radius 3 is 2.56 bits per heavy atom. The molecule has 1 rings (SSSR count). The standard InChI is InChI=1S/C12H18BrNO2/c1-15-12(16-2)9-14-8-7-10-5-3-4-6-11(10)13/h3-6,12,14H,7-9H2,1-2H3. The largest absolute Gasteiger partial charge is 0.355 e. The average Bonchev–Trinajstić information content (AvgIpc) is 2.31. The number of benzene rings is 1. The molecule has 1 aromatic rings. The highest BCUT2D eigenvalue weighted by Gasteiger charge is 2.03. The van der Waals surface area contributed by atoms with E-state index in [2.05, 4.69) is 33.4 Å². The third kappa shape index (κ3) is 4.61. The van der Waals surface area contributed by atoms with Crippen molar-refractivity contribution in [2.45, 2.75) is 12.7 Å². The molecule has 0 saturated heterocycles. The molecular weight excluding hydrogens is 270 g/mol. The maximum Gasteiger partial charge on any atom is 0.169 e. The first kappa shape index (κ1) is 13.6. The van der Waals surface area contributed by atoms with Gasteiger partial charge in [-0.25, -0.2) is 0 Å². The summed E-state index contributed by atoms with van der Waals surface area (Å²) >= 11 is 3.53. The van der Waals surface area contributed by atoms with Crippen molar-refractivity contribution >= 4 is 15.9 Å². The van der Waals surface area contributed by atoms with Crippen LogP contribution in [0.3, 0.4) is 0 Å². The number of methoxy groups -OCH3 is 2. The summed E-state index contributed by atoms with van der Waals surface area (Å²) in [6, 6.07) is 8.25. The van der Waals surface area contributed by atoms with Gasteiger partial charge >= 0.3 is 0 Å². The second-order valence-electron chi connectivity index (χ2n) is 3.45. The van der Waals surface area contributed by atoms with Gasteiger partial charge in [0.2, 0.25) is 0 Å². The van der Waals surface area contributed by atoms with Gasteiger partial charge in [-0.05, 0) is 24.6 Å². The van der Waals surface area contributed by atoms with Crippen molar-refractivity contribution in [2.75, 3.05) is 27.3 Å². The molecule has 3 nitrogen and oxygen atoms in total. The van der Waals surface area contributed by atoms with Crippen molar-refractivity contribution in [1.82, 2.24) is 5.32 Å². The molecule has 0 saturated carbocycles. The van der Waals surface area contributed by atoms with Gasteiger partial charge in [0, 0.05) is 25.2 Å². The monoisotopic (exact) mass is 287 g/mol. The van der Waals surface area contributed by atoms with Crippen LogP contribution in [0.5, 0.6) is 0 Å². The normalized spacial score (nSPS) is 11.0. The molecule has 90 valence electrons. The van der Waals surface area contributed by atoms with Gasteiger partial charge in [0.1, 0.15) is 0 Å². The SMILES string of the molecule is COC(CNCCc1ccccc1Br)OC. The number of ether oxygens (including phenoxy) is 2. The zero-order valence-electron chi connectivity index (χ0n) is 9.70. The van der Waals surface area contributed by atoms with Crippen molar-refractivity contribution in [1.29, 1.82) is 0 Å². The summed E-state index contributed by atoms with van der Waals surface area (Å²) in [7, 11) is 3.28. The molecule has 0 aliphatic rings. The Balaban J connectivity index is 2.23. The minimum absolute atomic E-state index is 0.167. The number of rotatable bonds is 7. The highest BCUT2D eigenvalue weighted by Crippen LogP contribution is 2.15. The quantitative estimate of drug-likeness (QED) is 0.616. The topological polar surface area (TPSA) is 30.5 Å². The Labute approximate surface area is 105 Å². The van der Waals surface area contributed by atoms with Crippen LogP contribution in [-0.2, 0) is 15.9 Å². The van der Waals surface area contributed by atoms with Crippen LogP contribution in [0.4, 0.5) is 0 Å². The summed E-state index contributed by atoms with van der Waals surface area (Å²) < 4.78 is 11.3. The van der Waals surface area contributed by atoms with Gasteiger partial charge in [-0.15, -0.1) is 0 Å². The average molecular weight is 288 g/mol. The minimum Gasteiger partial charge on any atom is -0.355 e. The Morgan fingerprint density at radius 1 is 1.25 bits per heavy atom. The molecule has 0 bridgehead atoms. The molecule has 0 atom stereocenters. The van der Waals surface area contributed by atoms with E-state index in [4.69, 9.17) is 9.47 Å². The zero-order valence-corrected chi connectivity index (χ0v) is 11.3. The highest BCUT2D eigenvalue weighted by atomic mass is 79.9. The molecule has 0 aliphatic carbocycles. The maximum atomic E-state index is 5.08. The minimum atomic E-state index is -0.167. The van der Waals surface area contributed by atoms with Gasteiger partial charge in [-0.3, -0.25) is 0 Å². The van der Waals surface area contributed by atoms with Crippen LogP contribution in [0.1, 0.15) is 5.56 Å². The van der Waals surface area contributed by atoms with E-state index in [1.165, 1.54) is 5.56 Å². The summed E-state index contributed by atoms with van der Waals surface area (Å²) in [5, 5.41) is 3.29. The lowest BCUT2D eigenvalue weighted by atomic mass is 10.1. The van der Waals surface area contributed by atoms with E-state index in [0.29, 0.717) is 6.54 Å². The van der Waals surface area contributed by atoms with E-state index in [1.54, 1.807) is 14.2 Å². The van der Waals surface area contributed by atoms with E-state index in [1.807, 2.05) is 12.1 Å². The van der Waals surface area contributed by atoms with Crippen LogP contribution < -0.4 is 5.32 Å². The molecule has 1 N–H and O–H groups in total. The second kappa shape index (κ2) is 7.79. The third-order valence-electron chi connectivity index (χ3n) is 2.37. The first-order valence-corrected chi connectivity index (χ1v) is 6.07. The maximum absolute atomic E-state index is 5.08. The molecule has 16 heavy (non-hydrogen) atoms. The van der Waals surface area contributed by atoms with Gasteiger partial charge in [0.05, 0.1) is 0 Å². The van der Waals surface area contributed by atoms with Gasteiger partial charge in [0.15, 0.2) is 6.29 Å². The predicted octanol–water partition coefficient (Wildman–Crippen LogP) is 2.20. The van der Waals surface area contributed by atoms with E-state index < -0.39 is 0 Å². The van der Waals surface area contributed by atoms with Gasteiger partial charge in [-0.2, -0.15) is 0 Å². The Bertz CT molecular complexity index is 303. The number of hydrogen-bond acceptors (Lipinski definition) is 3. The van der Waals surface area contributed by atoms with Crippen LogP contribution in [-0.4, -0.2) is 33.6 Å². The lowest BCUT2D eigenvalue weighted by molar-refractivity contribution is -0.0986. The van der Waals surface area contributed by atoms with Crippen LogP contribution in [0.15, 0.2) is 28.7 Å². The van der Waals surface area contributed by atoms with Gasteiger partial charge in [0.25, 0.3) is 0 Å². The van der Waals surface area contributed by atoms with Gasteiger partial charge in [-0.1, -0.05) is 34.1 Å². The summed E-state index contributed by atoms with van der Waals surface area (Å²) in [6.07, 6.45) is 0.820. The summed E-state index contributed by atoms with van der Waals surface area (Å²) in [5.74, 6) is 0. The molecular formula is C12H18BrNO2. The zero-order chi connectivity index (χ0) is 11.8. The molecule has 0 radical (unpaired) electrons. The molecule has 0 amide bonds. The molecule has 1 aromatic carbocycles. The van der Waals surface area contributed by atoms with Crippen LogP contribution in [0.25, 0.3) is 0 Å². The van der Waals surface area contributed by atoms with E-state index >= 15 is 0 Å². The third-order valence-corrected chi connectivity index (χ3v) is 3.14. The molecule has 0 aromatic heterocycles. The smallest absolute Gasteiger partial charge is 0.169 e. The Hall–Kier alpha value is -0.420. The van der Waals surface area contributed by atoms with Crippen LogP contribution in [0.2, 0.25) is 0 Å². The summed E-state index contributed by atoms with van der Waals surface area (Å²) in [5.41, 5.74) is 1.31. The molecule has 0 aliphatic heterocycles. The van der Waals surface area contributed by atoms with E-state index in [-0.39, 0.29) is 6.29 Å². The van der Waals surface area contributed by atoms with Crippen molar-refractivity contribution in [3.8, 4) is 0 Å². The van der Waals surface area contributed by atoms with Crippen molar-refractivity contribution in [3.05, 3.63) is 34.3 Å². The Kier molecular flexibility index (Phi) is 6.64. The fraction of sp³-hybridized carbons (Fsp3) is 0.500. The van der Waals surface area contributed by atoms with E-state index in [9.17, 15) is 0 Å². The lowest BCUT2D eigenvalue weighted by Crippen LogP contribution is -2.31. The first-order chi connectivity index (χ1) is 7.77. The molecule has 0 unspecified atom stereocenters. The fourth-order valence-corrected chi connectivity index (χ4v) is 1.89. The first-order valence-electron chi connectivity index (χ1n) is 5.27. The second-order valence-corrected chi connectivity index (χ2v) is 4.30. The molecule has 0 heterocycles. The van der Waals surface area contributed by atoms with Crippen molar-refractivity contribution in [2.24, 2.45) is 0 Å². The highest BCUT2D eigenvalue weighted by molar-refractivity contribution is 9.10. The fourth-order valence-electron chi connectivity index (χ4n) is 1.41. The molecule has 0 fully saturated rings. The summed E-state index contributed by atoms with van der Waals surface area (Å²) in [4.78, 5) is 0.